The topological polar surface area (TPSA) is 133 Å². The molecule has 1 aliphatic carbocycles. The minimum Gasteiger partial charge on any atom is -0.493 e. The number of nitrogens with one attached hydrogen (secondary N) is 1. The highest BCUT2D eigenvalue weighted by Crippen LogP contribution is 2.42. The van der Waals surface area contributed by atoms with Crippen LogP contribution in [0.15, 0.2) is 53.4 Å². The second-order valence-corrected chi connectivity index (χ2v) is 14.2. The monoisotopic (exact) mass is 677 g/mol. The number of anilines is 1. The van der Waals surface area contributed by atoms with E-state index in [1.165, 1.54) is 40.1 Å². The van der Waals surface area contributed by atoms with E-state index < -0.39 is 33.7 Å². The van der Waals surface area contributed by atoms with E-state index in [1.807, 2.05) is 6.07 Å². The highest BCUT2D eigenvalue weighted by Gasteiger charge is 2.40. The van der Waals surface area contributed by atoms with Crippen LogP contribution in [0.5, 0.6) is 11.5 Å². The van der Waals surface area contributed by atoms with Crippen LogP contribution in [0.25, 0.3) is 0 Å². The lowest BCUT2D eigenvalue weighted by Crippen LogP contribution is -2.47. The van der Waals surface area contributed by atoms with Crippen molar-refractivity contribution < 1.29 is 41.8 Å². The lowest BCUT2D eigenvalue weighted by atomic mass is 9.70. The molecule has 0 radical (unpaired) electrons. The Labute approximate surface area is 274 Å². The van der Waals surface area contributed by atoms with Crippen LogP contribution < -0.4 is 19.1 Å². The van der Waals surface area contributed by atoms with E-state index >= 15 is 0 Å². The number of amides is 2. The molecule has 0 spiro atoms. The van der Waals surface area contributed by atoms with Gasteiger partial charge in [-0.15, -0.1) is 0 Å². The molecule has 2 amide bonds. The van der Waals surface area contributed by atoms with Gasteiger partial charge in [-0.05, 0) is 75.4 Å². The number of hydrogen-bond donors (Lipinski definition) is 1. The summed E-state index contributed by atoms with van der Waals surface area (Å²) < 4.78 is 53.2. The molecule has 1 N–H and O–H groups in total. The lowest BCUT2D eigenvalue weighted by Gasteiger charge is -2.43. The van der Waals surface area contributed by atoms with E-state index in [0.717, 1.165) is 23.5 Å². The molecule has 0 unspecified atom stereocenters. The largest absolute Gasteiger partial charge is 0.493 e. The van der Waals surface area contributed by atoms with Gasteiger partial charge in [-0.1, -0.05) is 23.7 Å². The molecule has 2 aliphatic heterocycles. The second-order valence-electron chi connectivity index (χ2n) is 12.0. The standard InChI is InChI=1S/C32H40ClN3O9S/c1-32(2)30(37)34-46(39,40)24-11-13-28-26(18-24)36(14-6-15-42-29-17-23(33)10-8-22(29)20-43-28)19-21-9-12-25(21)27(7-5-16-44-32)45-31(38)35(3)41-4/h5,7-8,10-11,13,17-18,21,25,27H,6,9,12,14-16,19-20H2,1-4H3,(H,34,37)/b7-5+/t21-,25+,27-/m0/s1. The number of fused-ring (bicyclic) bond motifs is 3. The molecule has 250 valence electrons. The first-order valence-electron chi connectivity index (χ1n) is 15.2. The number of rotatable bonds is 2. The molecule has 0 saturated heterocycles. The Kier molecular flexibility index (Phi) is 10.4. The van der Waals surface area contributed by atoms with Gasteiger partial charge in [0.25, 0.3) is 15.9 Å². The van der Waals surface area contributed by atoms with Gasteiger partial charge in [-0.25, -0.2) is 17.9 Å². The van der Waals surface area contributed by atoms with Crippen molar-refractivity contribution in [2.75, 3.05) is 45.4 Å². The molecule has 1 saturated carbocycles. The minimum atomic E-state index is -4.27. The van der Waals surface area contributed by atoms with Gasteiger partial charge >= 0.3 is 6.09 Å². The van der Waals surface area contributed by atoms with Crippen molar-refractivity contribution in [2.45, 2.75) is 56.3 Å². The van der Waals surface area contributed by atoms with E-state index in [4.69, 9.17) is 35.4 Å². The van der Waals surface area contributed by atoms with Gasteiger partial charge in [0.15, 0.2) is 0 Å². The van der Waals surface area contributed by atoms with E-state index in [-0.39, 0.29) is 29.9 Å². The lowest BCUT2D eigenvalue weighted by molar-refractivity contribution is -0.139. The number of carbonyl (C=O) groups excluding carboxylic acids is 2. The summed E-state index contributed by atoms with van der Waals surface area (Å²) in [6, 6.07) is 9.90. The van der Waals surface area contributed by atoms with Gasteiger partial charge < -0.3 is 23.8 Å². The fraction of sp³-hybridized carbons (Fsp3) is 0.500. The number of hydrogen-bond acceptors (Lipinski definition) is 10. The predicted molar refractivity (Wildman–Crippen MR) is 170 cm³/mol. The quantitative estimate of drug-likeness (QED) is 0.352. The number of nitrogens with zero attached hydrogens (tertiary/aromatic N) is 2. The van der Waals surface area contributed by atoms with E-state index in [0.29, 0.717) is 48.3 Å². The number of halogens is 1. The molecule has 2 aromatic carbocycles. The highest BCUT2D eigenvalue weighted by atomic mass is 35.5. The zero-order chi connectivity index (χ0) is 33.1. The maximum atomic E-state index is 13.5. The summed E-state index contributed by atoms with van der Waals surface area (Å²) in [5.41, 5.74) is -0.135. The first-order valence-corrected chi connectivity index (χ1v) is 17.0. The van der Waals surface area contributed by atoms with Crippen LogP contribution in [0.2, 0.25) is 5.02 Å². The predicted octanol–water partition coefficient (Wildman–Crippen LogP) is 4.70. The molecule has 2 aromatic rings. The average Bonchev–Trinajstić information content (AvgIpc) is 3.03. The van der Waals surface area contributed by atoms with Crippen LogP contribution in [0.4, 0.5) is 10.5 Å². The van der Waals surface area contributed by atoms with Crippen LogP contribution in [-0.4, -0.2) is 77.6 Å². The SMILES string of the molecule is CON(C)C(=O)O[C@H]1/C=C/COC(C)(C)C(=O)NS(=O)(=O)c2ccc3c(c2)N(CCCOc2cc(Cl)ccc2CO3)C[C@@H]2CC[C@H]21. The number of carbonyl (C=O) groups is 2. The van der Waals surface area contributed by atoms with Crippen molar-refractivity contribution in [1.82, 2.24) is 9.79 Å². The molecule has 2 heterocycles. The Hall–Kier alpha value is -3.52. The summed E-state index contributed by atoms with van der Waals surface area (Å²) in [6.45, 7) is 4.55. The fourth-order valence-electron chi connectivity index (χ4n) is 5.61. The second kappa shape index (κ2) is 14.1. The molecule has 3 atom stereocenters. The normalized spacial score (nSPS) is 25.0. The van der Waals surface area contributed by atoms with Crippen molar-refractivity contribution in [3.8, 4) is 11.5 Å². The van der Waals surface area contributed by atoms with Gasteiger partial charge in [-0.2, -0.15) is 5.06 Å². The molecular formula is C32H40ClN3O9S. The number of hydroxylamine groups is 2. The van der Waals surface area contributed by atoms with Crippen LogP contribution in [0.1, 0.15) is 38.7 Å². The molecule has 1 fully saturated rings. The summed E-state index contributed by atoms with van der Waals surface area (Å²) >= 11 is 6.24. The Morgan fingerprint density at radius 1 is 1.13 bits per heavy atom. The highest BCUT2D eigenvalue weighted by molar-refractivity contribution is 7.90. The molecular weight excluding hydrogens is 638 g/mol. The Balaban J connectivity index is 1.55. The Bertz CT molecular complexity index is 1580. The molecule has 5 rings (SSSR count). The fourth-order valence-corrected chi connectivity index (χ4v) is 6.89. The summed E-state index contributed by atoms with van der Waals surface area (Å²) in [5.74, 6) is 0.325. The van der Waals surface area contributed by atoms with Crippen molar-refractivity contribution >= 4 is 39.3 Å². The van der Waals surface area contributed by atoms with Crippen LogP contribution in [0, 0.1) is 11.8 Å². The van der Waals surface area contributed by atoms with E-state index in [2.05, 4.69) is 9.62 Å². The van der Waals surface area contributed by atoms with Crippen molar-refractivity contribution in [3.05, 3.63) is 59.1 Å². The zero-order valence-electron chi connectivity index (χ0n) is 26.4. The third-order valence-corrected chi connectivity index (χ3v) is 10.1. The summed E-state index contributed by atoms with van der Waals surface area (Å²) in [4.78, 5) is 32.9. The van der Waals surface area contributed by atoms with Gasteiger partial charge in [0.1, 0.15) is 29.8 Å². The summed E-state index contributed by atoms with van der Waals surface area (Å²) in [6.07, 6.45) is 4.50. The third-order valence-electron chi connectivity index (χ3n) is 8.58. The number of benzene rings is 2. The first kappa shape index (κ1) is 33.8. The average molecular weight is 678 g/mol. The van der Waals surface area contributed by atoms with Gasteiger partial charge in [-0.3, -0.25) is 9.63 Å². The van der Waals surface area contributed by atoms with Gasteiger partial charge in [0, 0.05) is 36.6 Å². The molecule has 46 heavy (non-hydrogen) atoms. The maximum Gasteiger partial charge on any atom is 0.434 e. The van der Waals surface area contributed by atoms with Gasteiger partial charge in [0.05, 0.1) is 30.9 Å². The Morgan fingerprint density at radius 2 is 1.93 bits per heavy atom. The van der Waals surface area contributed by atoms with E-state index in [9.17, 15) is 18.0 Å². The third kappa shape index (κ3) is 7.71. The summed E-state index contributed by atoms with van der Waals surface area (Å²) in [7, 11) is -1.42. The van der Waals surface area contributed by atoms with Crippen LogP contribution >= 0.6 is 11.6 Å². The molecule has 14 heteroatoms. The Morgan fingerprint density at radius 3 is 2.67 bits per heavy atom. The van der Waals surface area contributed by atoms with Crippen LogP contribution in [0.3, 0.4) is 0 Å². The smallest absolute Gasteiger partial charge is 0.434 e. The van der Waals surface area contributed by atoms with Crippen LogP contribution in [-0.2, 0) is 35.7 Å². The maximum absolute atomic E-state index is 13.5. The first-order chi connectivity index (χ1) is 21.9. The minimum absolute atomic E-state index is 0.0120. The van der Waals surface area contributed by atoms with E-state index in [1.54, 1.807) is 30.4 Å². The molecule has 3 aliphatic rings. The molecule has 12 nitrogen and oxygen atoms in total. The van der Waals surface area contributed by atoms with Crippen molar-refractivity contribution in [3.63, 3.8) is 0 Å². The number of sulfonamides is 1. The van der Waals surface area contributed by atoms with Crippen molar-refractivity contribution in [2.24, 2.45) is 11.8 Å². The number of ether oxygens (including phenoxy) is 4. The molecule has 2 bridgehead atoms. The zero-order valence-corrected chi connectivity index (χ0v) is 27.9. The van der Waals surface area contributed by atoms with Gasteiger partial charge in [0.2, 0.25) is 0 Å². The van der Waals surface area contributed by atoms with Crippen molar-refractivity contribution in [1.29, 1.82) is 0 Å². The molecule has 0 aromatic heterocycles. The summed E-state index contributed by atoms with van der Waals surface area (Å²) in [5, 5.41) is 1.56.